The number of hydrogen-bond acceptors (Lipinski definition) is 3. The lowest BCUT2D eigenvalue weighted by Crippen LogP contribution is -2.46. The number of likely N-dealkylation sites (N-methyl/N-ethyl adjacent to an activating group) is 1. The minimum absolute atomic E-state index is 0.555. The maximum Gasteiger partial charge on any atom is 0.0630 e. The van der Waals surface area contributed by atoms with Gasteiger partial charge in [0.05, 0.1) is 6.61 Å². The summed E-state index contributed by atoms with van der Waals surface area (Å²) in [6, 6.07) is 1.39. The van der Waals surface area contributed by atoms with Gasteiger partial charge in [-0.15, -0.1) is 0 Å². The fourth-order valence-corrected chi connectivity index (χ4v) is 2.13. The van der Waals surface area contributed by atoms with Gasteiger partial charge in [0.25, 0.3) is 0 Å². The summed E-state index contributed by atoms with van der Waals surface area (Å²) in [5.74, 6) is 0. The summed E-state index contributed by atoms with van der Waals surface area (Å²) in [5, 5.41) is 3.50. The molecular formula is C12H26N2O. The van der Waals surface area contributed by atoms with Crippen molar-refractivity contribution in [1.82, 2.24) is 10.2 Å². The molecule has 90 valence electrons. The highest BCUT2D eigenvalue weighted by Crippen LogP contribution is 2.28. The predicted octanol–water partition coefficient (Wildman–Crippen LogP) is 1.49. The van der Waals surface area contributed by atoms with Crippen LogP contribution in [0.2, 0.25) is 0 Å². The van der Waals surface area contributed by atoms with Gasteiger partial charge in [-0.2, -0.15) is 0 Å². The van der Waals surface area contributed by atoms with Gasteiger partial charge in [0.15, 0.2) is 0 Å². The Hall–Kier alpha value is -0.120. The predicted molar refractivity (Wildman–Crippen MR) is 64.2 cm³/mol. The monoisotopic (exact) mass is 214 g/mol. The van der Waals surface area contributed by atoms with E-state index in [9.17, 15) is 0 Å². The van der Waals surface area contributed by atoms with E-state index in [0.29, 0.717) is 6.04 Å². The van der Waals surface area contributed by atoms with Crippen molar-refractivity contribution >= 4 is 0 Å². The van der Waals surface area contributed by atoms with E-state index in [4.69, 9.17) is 4.74 Å². The minimum atomic E-state index is 0.555. The van der Waals surface area contributed by atoms with Gasteiger partial charge in [-0.3, -0.25) is 4.90 Å². The molecule has 1 saturated carbocycles. The molecule has 0 amide bonds. The highest BCUT2D eigenvalue weighted by atomic mass is 16.5. The minimum Gasteiger partial charge on any atom is -0.383 e. The lowest BCUT2D eigenvalue weighted by molar-refractivity contribution is 0.0875. The van der Waals surface area contributed by atoms with E-state index >= 15 is 0 Å². The van der Waals surface area contributed by atoms with Crippen LogP contribution in [-0.2, 0) is 4.74 Å². The van der Waals surface area contributed by atoms with Crippen LogP contribution in [0, 0.1) is 0 Å². The molecule has 0 aromatic heterocycles. The summed E-state index contributed by atoms with van der Waals surface area (Å²) in [6.45, 7) is 8.62. The second kappa shape index (κ2) is 7.20. The van der Waals surface area contributed by atoms with E-state index in [-0.39, 0.29) is 0 Å². The SMILES string of the molecule is CCCNCC(COC)N(CC)C1CC1. The van der Waals surface area contributed by atoms with Crippen molar-refractivity contribution in [3.8, 4) is 0 Å². The largest absolute Gasteiger partial charge is 0.383 e. The van der Waals surface area contributed by atoms with Crippen LogP contribution in [0.25, 0.3) is 0 Å². The molecule has 0 aliphatic heterocycles. The third-order valence-corrected chi connectivity index (χ3v) is 3.02. The Morgan fingerprint density at radius 1 is 1.40 bits per heavy atom. The van der Waals surface area contributed by atoms with Crippen LogP contribution in [0.3, 0.4) is 0 Å². The first-order valence-electron chi connectivity index (χ1n) is 6.28. The molecule has 1 atom stereocenters. The normalized spacial score (nSPS) is 18.4. The molecule has 0 radical (unpaired) electrons. The summed E-state index contributed by atoms with van der Waals surface area (Å²) < 4.78 is 5.31. The maximum absolute atomic E-state index is 5.31. The highest BCUT2D eigenvalue weighted by molar-refractivity contribution is 4.88. The quantitative estimate of drug-likeness (QED) is 0.589. The average Bonchev–Trinajstić information content (AvgIpc) is 3.03. The van der Waals surface area contributed by atoms with Crippen LogP contribution in [0.15, 0.2) is 0 Å². The standard InChI is InChI=1S/C12H26N2O/c1-4-8-13-9-12(10-15-3)14(5-2)11-6-7-11/h11-13H,4-10H2,1-3H3. The number of rotatable bonds is 9. The Balaban J connectivity index is 2.32. The van der Waals surface area contributed by atoms with Crippen LogP contribution in [-0.4, -0.2) is 50.3 Å². The smallest absolute Gasteiger partial charge is 0.0630 e. The molecule has 0 bridgehead atoms. The molecule has 0 heterocycles. The molecule has 1 unspecified atom stereocenters. The first-order valence-corrected chi connectivity index (χ1v) is 6.28. The highest BCUT2D eigenvalue weighted by Gasteiger charge is 2.32. The van der Waals surface area contributed by atoms with E-state index in [1.807, 2.05) is 0 Å². The summed E-state index contributed by atoms with van der Waals surface area (Å²) in [4.78, 5) is 2.59. The molecule has 1 N–H and O–H groups in total. The van der Waals surface area contributed by atoms with E-state index < -0.39 is 0 Å². The number of nitrogens with one attached hydrogen (secondary N) is 1. The van der Waals surface area contributed by atoms with Gasteiger partial charge >= 0.3 is 0 Å². The zero-order valence-corrected chi connectivity index (χ0v) is 10.5. The van der Waals surface area contributed by atoms with Gasteiger partial charge in [-0.05, 0) is 32.4 Å². The van der Waals surface area contributed by atoms with Gasteiger partial charge in [0.2, 0.25) is 0 Å². The number of ether oxygens (including phenoxy) is 1. The number of methoxy groups -OCH3 is 1. The third kappa shape index (κ3) is 4.49. The van der Waals surface area contributed by atoms with Gasteiger partial charge in [0, 0.05) is 25.7 Å². The van der Waals surface area contributed by atoms with E-state index in [1.165, 1.54) is 19.3 Å². The van der Waals surface area contributed by atoms with Crippen molar-refractivity contribution in [1.29, 1.82) is 0 Å². The van der Waals surface area contributed by atoms with E-state index in [1.54, 1.807) is 7.11 Å². The van der Waals surface area contributed by atoms with Crippen LogP contribution < -0.4 is 5.32 Å². The summed E-state index contributed by atoms with van der Waals surface area (Å²) in [5.41, 5.74) is 0. The van der Waals surface area contributed by atoms with Crippen molar-refractivity contribution in [2.75, 3.05) is 33.4 Å². The fraction of sp³-hybridized carbons (Fsp3) is 1.00. The molecule has 15 heavy (non-hydrogen) atoms. The Bertz CT molecular complexity index is 160. The summed E-state index contributed by atoms with van der Waals surface area (Å²) in [6.07, 6.45) is 3.96. The Morgan fingerprint density at radius 3 is 2.60 bits per heavy atom. The van der Waals surface area contributed by atoms with Crippen molar-refractivity contribution in [2.45, 2.75) is 45.2 Å². The van der Waals surface area contributed by atoms with Gasteiger partial charge in [-0.1, -0.05) is 13.8 Å². The zero-order valence-electron chi connectivity index (χ0n) is 10.5. The molecule has 0 aromatic carbocycles. The van der Waals surface area contributed by atoms with E-state index in [2.05, 4.69) is 24.1 Å². The van der Waals surface area contributed by atoms with Crippen LogP contribution in [0.5, 0.6) is 0 Å². The van der Waals surface area contributed by atoms with Gasteiger partial charge < -0.3 is 10.1 Å². The second-order valence-electron chi connectivity index (χ2n) is 4.37. The van der Waals surface area contributed by atoms with Gasteiger partial charge in [0.1, 0.15) is 0 Å². The maximum atomic E-state index is 5.31. The van der Waals surface area contributed by atoms with Gasteiger partial charge in [-0.25, -0.2) is 0 Å². The first kappa shape index (κ1) is 12.9. The number of nitrogens with zero attached hydrogens (tertiary/aromatic N) is 1. The van der Waals surface area contributed by atoms with Crippen LogP contribution in [0.4, 0.5) is 0 Å². The first-order chi connectivity index (χ1) is 7.33. The summed E-state index contributed by atoms with van der Waals surface area (Å²) >= 11 is 0. The fourth-order valence-electron chi connectivity index (χ4n) is 2.13. The Labute approximate surface area is 94.2 Å². The van der Waals surface area contributed by atoms with Crippen LogP contribution in [0.1, 0.15) is 33.1 Å². The molecule has 3 heteroatoms. The van der Waals surface area contributed by atoms with Crippen molar-refractivity contribution < 1.29 is 4.74 Å². The Kier molecular flexibility index (Phi) is 6.22. The molecule has 1 rings (SSSR count). The molecular weight excluding hydrogens is 188 g/mol. The molecule has 0 saturated heterocycles. The third-order valence-electron chi connectivity index (χ3n) is 3.02. The van der Waals surface area contributed by atoms with E-state index in [0.717, 1.165) is 32.3 Å². The lowest BCUT2D eigenvalue weighted by atomic mass is 10.2. The molecule has 0 aromatic rings. The molecule has 1 aliphatic carbocycles. The van der Waals surface area contributed by atoms with Crippen molar-refractivity contribution in [3.05, 3.63) is 0 Å². The van der Waals surface area contributed by atoms with Crippen LogP contribution >= 0.6 is 0 Å². The topological polar surface area (TPSA) is 24.5 Å². The van der Waals surface area contributed by atoms with Crippen molar-refractivity contribution in [3.63, 3.8) is 0 Å². The molecule has 1 fully saturated rings. The van der Waals surface area contributed by atoms with Crippen molar-refractivity contribution in [2.24, 2.45) is 0 Å². The zero-order chi connectivity index (χ0) is 11.1. The molecule has 3 nitrogen and oxygen atoms in total. The summed E-state index contributed by atoms with van der Waals surface area (Å²) in [7, 11) is 1.80. The number of hydrogen-bond donors (Lipinski definition) is 1. The molecule has 0 spiro atoms. The molecule has 1 aliphatic rings. The average molecular weight is 214 g/mol. The Morgan fingerprint density at radius 2 is 2.13 bits per heavy atom. The lowest BCUT2D eigenvalue weighted by Gasteiger charge is -2.30. The second-order valence-corrected chi connectivity index (χ2v) is 4.37.